The Morgan fingerprint density at radius 2 is 0.797 bits per heavy atom. The van der Waals surface area contributed by atoms with Crippen LogP contribution in [0.2, 0.25) is 0 Å². The molecule has 6 nitrogen and oxygen atoms in total. The van der Waals surface area contributed by atoms with E-state index >= 15 is 0 Å². The summed E-state index contributed by atoms with van der Waals surface area (Å²) in [7, 11) is 0. The van der Waals surface area contributed by atoms with Crippen LogP contribution in [0.15, 0.2) is 24.3 Å². The SMILES string of the molecule is CCCCCCCCCCC/C=C/C(O)C(CO)NC(=O)CCCCCCC/C=C\CCCCCCCCCCCOC(=O)CCCCCCCCCCCCCCC. The van der Waals surface area contributed by atoms with Crippen LogP contribution in [0.5, 0.6) is 0 Å². The summed E-state index contributed by atoms with van der Waals surface area (Å²) < 4.78 is 5.46. The average Bonchev–Trinajstić information content (AvgIpc) is 3.24. The summed E-state index contributed by atoms with van der Waals surface area (Å²) in [5, 5.41) is 23.0. The number of carbonyl (C=O) groups is 2. The average molecular weight is 832 g/mol. The topological polar surface area (TPSA) is 95.9 Å². The molecular formula is C53H101NO5. The van der Waals surface area contributed by atoms with Gasteiger partial charge in [0.1, 0.15) is 0 Å². The summed E-state index contributed by atoms with van der Waals surface area (Å²) in [5.74, 6) is -0.0805. The molecule has 0 saturated carbocycles. The van der Waals surface area contributed by atoms with Gasteiger partial charge in [-0.3, -0.25) is 9.59 Å². The molecule has 0 saturated heterocycles. The van der Waals surface area contributed by atoms with Crippen LogP contribution in [0.25, 0.3) is 0 Å². The van der Waals surface area contributed by atoms with Crippen LogP contribution < -0.4 is 5.32 Å². The fourth-order valence-electron chi connectivity index (χ4n) is 7.92. The van der Waals surface area contributed by atoms with Crippen molar-refractivity contribution in [2.75, 3.05) is 13.2 Å². The molecule has 0 radical (unpaired) electrons. The summed E-state index contributed by atoms with van der Waals surface area (Å²) in [6, 6.07) is -0.636. The predicted octanol–water partition coefficient (Wildman–Crippen LogP) is 15.5. The number of carbonyl (C=O) groups excluding carboxylic acids is 2. The molecule has 0 aromatic carbocycles. The number of ether oxygens (including phenoxy) is 1. The van der Waals surface area contributed by atoms with Crippen molar-refractivity contribution in [1.82, 2.24) is 5.32 Å². The number of allylic oxidation sites excluding steroid dienone is 3. The van der Waals surface area contributed by atoms with Crippen molar-refractivity contribution in [3.8, 4) is 0 Å². The van der Waals surface area contributed by atoms with E-state index in [1.807, 2.05) is 6.08 Å². The smallest absolute Gasteiger partial charge is 0.305 e. The first-order valence-corrected chi connectivity index (χ1v) is 26.1. The standard InChI is InChI=1S/C53H101NO5/c1-3-5-7-9-11-13-15-22-27-31-35-39-43-47-53(58)59-48-44-40-36-32-28-24-21-19-17-16-18-20-23-26-30-34-38-42-46-52(57)54-50(49-55)51(56)45-41-37-33-29-25-14-12-10-8-6-4-2/h18,20,41,45,50-51,55-56H,3-17,19,21-40,42-44,46-49H2,1-2H3,(H,54,57)/b20-18-,45-41+. The molecule has 6 heteroatoms. The van der Waals surface area contributed by atoms with E-state index in [2.05, 4.69) is 31.3 Å². The fraction of sp³-hybridized carbons (Fsp3) is 0.887. The first-order valence-electron chi connectivity index (χ1n) is 26.1. The molecule has 0 aliphatic heterocycles. The highest BCUT2D eigenvalue weighted by Gasteiger charge is 2.18. The van der Waals surface area contributed by atoms with Gasteiger partial charge in [-0.2, -0.15) is 0 Å². The van der Waals surface area contributed by atoms with E-state index in [-0.39, 0.29) is 18.5 Å². The number of aliphatic hydroxyl groups excluding tert-OH is 2. The highest BCUT2D eigenvalue weighted by molar-refractivity contribution is 5.76. The van der Waals surface area contributed by atoms with Crippen molar-refractivity contribution in [1.29, 1.82) is 0 Å². The Hall–Kier alpha value is -1.66. The van der Waals surface area contributed by atoms with E-state index in [9.17, 15) is 19.8 Å². The van der Waals surface area contributed by atoms with Gasteiger partial charge in [0.2, 0.25) is 5.91 Å². The van der Waals surface area contributed by atoms with Gasteiger partial charge in [-0.1, -0.05) is 231 Å². The molecule has 0 aromatic rings. The van der Waals surface area contributed by atoms with E-state index in [1.54, 1.807) is 6.08 Å². The molecule has 2 atom stereocenters. The molecule has 0 aliphatic carbocycles. The lowest BCUT2D eigenvalue weighted by Gasteiger charge is -2.20. The first kappa shape index (κ1) is 57.3. The second-order valence-corrected chi connectivity index (χ2v) is 17.9. The van der Waals surface area contributed by atoms with Gasteiger partial charge in [-0.25, -0.2) is 0 Å². The Morgan fingerprint density at radius 3 is 1.20 bits per heavy atom. The largest absolute Gasteiger partial charge is 0.466 e. The number of amides is 1. The predicted molar refractivity (Wildman–Crippen MR) is 255 cm³/mol. The molecule has 0 fully saturated rings. The number of rotatable bonds is 48. The van der Waals surface area contributed by atoms with E-state index in [0.717, 1.165) is 57.8 Å². The van der Waals surface area contributed by atoms with Crippen LogP contribution in [0.3, 0.4) is 0 Å². The van der Waals surface area contributed by atoms with Crippen LogP contribution in [0.1, 0.15) is 277 Å². The van der Waals surface area contributed by atoms with E-state index < -0.39 is 12.1 Å². The Morgan fingerprint density at radius 1 is 0.458 bits per heavy atom. The Bertz CT molecular complexity index is 920. The van der Waals surface area contributed by atoms with Crippen LogP contribution in [-0.4, -0.2) is 47.4 Å². The number of hydrogen-bond donors (Lipinski definition) is 3. The molecule has 1 amide bonds. The summed E-state index contributed by atoms with van der Waals surface area (Å²) in [4.78, 5) is 24.4. The lowest BCUT2D eigenvalue weighted by atomic mass is 10.0. The van der Waals surface area contributed by atoms with Crippen LogP contribution in [0, 0.1) is 0 Å². The number of hydrogen-bond acceptors (Lipinski definition) is 5. The molecule has 0 spiro atoms. The Labute approximate surface area is 367 Å². The normalized spacial score (nSPS) is 12.8. The zero-order chi connectivity index (χ0) is 43.0. The molecule has 59 heavy (non-hydrogen) atoms. The van der Waals surface area contributed by atoms with Crippen molar-refractivity contribution in [3.05, 3.63) is 24.3 Å². The molecule has 0 rings (SSSR count). The van der Waals surface area contributed by atoms with Crippen molar-refractivity contribution >= 4 is 11.9 Å². The zero-order valence-corrected chi connectivity index (χ0v) is 39.5. The zero-order valence-electron chi connectivity index (χ0n) is 39.5. The third-order valence-electron chi connectivity index (χ3n) is 12.0. The second kappa shape index (κ2) is 49.0. The monoisotopic (exact) mass is 832 g/mol. The van der Waals surface area contributed by atoms with E-state index in [0.29, 0.717) is 19.4 Å². The van der Waals surface area contributed by atoms with Gasteiger partial charge in [0.25, 0.3) is 0 Å². The van der Waals surface area contributed by atoms with Gasteiger partial charge in [-0.05, 0) is 57.8 Å². The molecule has 0 heterocycles. The van der Waals surface area contributed by atoms with Crippen LogP contribution in [0.4, 0.5) is 0 Å². The fourth-order valence-corrected chi connectivity index (χ4v) is 7.92. The van der Waals surface area contributed by atoms with Gasteiger partial charge in [0.05, 0.1) is 25.4 Å². The number of aliphatic hydroxyl groups is 2. The third kappa shape index (κ3) is 45.7. The minimum atomic E-state index is -0.851. The van der Waals surface area contributed by atoms with Crippen LogP contribution in [-0.2, 0) is 14.3 Å². The number of nitrogens with one attached hydrogen (secondary N) is 1. The molecule has 0 aliphatic rings. The Balaban J connectivity index is 3.46. The van der Waals surface area contributed by atoms with Gasteiger partial charge >= 0.3 is 5.97 Å². The summed E-state index contributed by atoms with van der Waals surface area (Å²) in [5.41, 5.74) is 0. The maximum absolute atomic E-state index is 12.4. The first-order chi connectivity index (χ1) is 29.0. The minimum Gasteiger partial charge on any atom is -0.466 e. The molecule has 2 unspecified atom stereocenters. The van der Waals surface area contributed by atoms with Crippen LogP contribution >= 0.6 is 0 Å². The lowest BCUT2D eigenvalue weighted by Crippen LogP contribution is -2.45. The second-order valence-electron chi connectivity index (χ2n) is 17.9. The van der Waals surface area contributed by atoms with Crippen molar-refractivity contribution in [2.45, 2.75) is 289 Å². The quantitative estimate of drug-likeness (QED) is 0.0322. The summed E-state index contributed by atoms with van der Waals surface area (Å²) in [6.07, 6.45) is 57.5. The number of unbranched alkanes of at least 4 members (excludes halogenated alkanes) is 35. The van der Waals surface area contributed by atoms with Gasteiger partial charge in [0, 0.05) is 12.8 Å². The van der Waals surface area contributed by atoms with Gasteiger partial charge in [-0.15, -0.1) is 0 Å². The molecule has 0 aromatic heterocycles. The van der Waals surface area contributed by atoms with E-state index in [1.165, 1.54) is 193 Å². The molecule has 348 valence electrons. The van der Waals surface area contributed by atoms with Gasteiger partial charge < -0.3 is 20.3 Å². The number of esters is 1. The minimum absolute atomic E-state index is 0.00318. The third-order valence-corrected chi connectivity index (χ3v) is 12.0. The van der Waals surface area contributed by atoms with Crippen molar-refractivity contribution in [2.24, 2.45) is 0 Å². The summed E-state index contributed by atoms with van der Waals surface area (Å²) in [6.45, 7) is 4.87. The summed E-state index contributed by atoms with van der Waals surface area (Å²) >= 11 is 0. The molecular weight excluding hydrogens is 731 g/mol. The highest BCUT2D eigenvalue weighted by Crippen LogP contribution is 2.15. The van der Waals surface area contributed by atoms with Crippen molar-refractivity contribution in [3.63, 3.8) is 0 Å². The van der Waals surface area contributed by atoms with Gasteiger partial charge in [0.15, 0.2) is 0 Å². The highest BCUT2D eigenvalue weighted by atomic mass is 16.5. The molecule has 3 N–H and O–H groups in total. The maximum atomic E-state index is 12.4. The molecule has 0 bridgehead atoms. The maximum Gasteiger partial charge on any atom is 0.305 e. The van der Waals surface area contributed by atoms with E-state index in [4.69, 9.17) is 4.74 Å². The lowest BCUT2D eigenvalue weighted by molar-refractivity contribution is -0.143. The Kier molecular flexibility index (Phi) is 47.6. The van der Waals surface area contributed by atoms with Crippen molar-refractivity contribution < 1.29 is 24.5 Å².